The van der Waals surface area contributed by atoms with E-state index in [1.54, 1.807) is 17.2 Å². The second-order valence-corrected chi connectivity index (χ2v) is 6.06. The molecule has 0 aliphatic carbocycles. The molecule has 2 heterocycles. The lowest BCUT2D eigenvalue weighted by Crippen LogP contribution is -2.38. The van der Waals surface area contributed by atoms with Gasteiger partial charge in [0.05, 0.1) is 17.9 Å². The van der Waals surface area contributed by atoms with Gasteiger partial charge in [0.2, 0.25) is 0 Å². The zero-order valence-corrected chi connectivity index (χ0v) is 13.7. The molecule has 3 amide bonds. The maximum Gasteiger partial charge on any atom is 0.322 e. The molecule has 1 aliphatic rings. The van der Waals surface area contributed by atoms with Crippen molar-refractivity contribution in [2.24, 2.45) is 5.73 Å². The van der Waals surface area contributed by atoms with Gasteiger partial charge in [-0.15, -0.1) is 0 Å². The van der Waals surface area contributed by atoms with E-state index in [4.69, 9.17) is 10.2 Å². The van der Waals surface area contributed by atoms with Crippen molar-refractivity contribution < 1.29 is 18.4 Å². The summed E-state index contributed by atoms with van der Waals surface area (Å²) in [6.07, 6.45) is 5.37. The fraction of sp³-hybridized carbons (Fsp3) is 0.333. The minimum absolute atomic E-state index is 0.145. The Morgan fingerprint density at radius 3 is 2.80 bits per heavy atom. The average Bonchev–Trinajstić information content (AvgIpc) is 3.00. The van der Waals surface area contributed by atoms with Gasteiger partial charge >= 0.3 is 6.03 Å². The maximum atomic E-state index is 13.6. The van der Waals surface area contributed by atoms with Crippen molar-refractivity contribution in [1.82, 2.24) is 4.90 Å². The molecule has 1 fully saturated rings. The minimum atomic E-state index is -0.878. The van der Waals surface area contributed by atoms with Crippen LogP contribution >= 0.6 is 0 Å². The lowest BCUT2D eigenvalue weighted by molar-refractivity contribution is 0.0996. The van der Waals surface area contributed by atoms with Gasteiger partial charge in [0.25, 0.3) is 5.91 Å². The smallest absolute Gasteiger partial charge is 0.322 e. The molecule has 0 spiro atoms. The Labute approximate surface area is 144 Å². The highest BCUT2D eigenvalue weighted by Gasteiger charge is 2.28. The number of halogens is 1. The highest BCUT2D eigenvalue weighted by Crippen LogP contribution is 2.31. The van der Waals surface area contributed by atoms with E-state index in [1.165, 1.54) is 12.1 Å². The van der Waals surface area contributed by atoms with Crippen molar-refractivity contribution in [1.29, 1.82) is 0 Å². The van der Waals surface area contributed by atoms with Gasteiger partial charge in [0.15, 0.2) is 0 Å². The van der Waals surface area contributed by atoms with E-state index in [-0.39, 0.29) is 17.6 Å². The number of carbonyl (C=O) groups is 2. The number of furan rings is 1. The van der Waals surface area contributed by atoms with Gasteiger partial charge < -0.3 is 20.4 Å². The number of hydrogen-bond acceptors (Lipinski definition) is 3. The number of amides is 3. The van der Waals surface area contributed by atoms with Crippen molar-refractivity contribution in [3.63, 3.8) is 0 Å². The molecule has 3 N–H and O–H groups in total. The second kappa shape index (κ2) is 7.38. The van der Waals surface area contributed by atoms with Crippen molar-refractivity contribution in [3.05, 3.63) is 53.7 Å². The number of urea groups is 1. The van der Waals surface area contributed by atoms with Crippen LogP contribution in [0.25, 0.3) is 0 Å². The molecule has 1 atom stereocenters. The number of nitrogens with one attached hydrogen (secondary N) is 1. The van der Waals surface area contributed by atoms with E-state index in [0.29, 0.717) is 12.2 Å². The van der Waals surface area contributed by atoms with Crippen LogP contribution in [0.5, 0.6) is 0 Å². The lowest BCUT2D eigenvalue weighted by Gasteiger charge is -2.28. The van der Waals surface area contributed by atoms with Crippen LogP contribution in [0.2, 0.25) is 0 Å². The van der Waals surface area contributed by atoms with Gasteiger partial charge in [0.1, 0.15) is 11.6 Å². The monoisotopic (exact) mass is 345 g/mol. The summed E-state index contributed by atoms with van der Waals surface area (Å²) in [5.41, 5.74) is 5.22. The SMILES string of the molecule is NC(=O)c1cc(NC(=O)N2CCCCC[C@@H]2c2ccco2)ccc1F. The van der Waals surface area contributed by atoms with Crippen LogP contribution in [0.3, 0.4) is 0 Å². The Morgan fingerprint density at radius 2 is 2.08 bits per heavy atom. The molecule has 0 radical (unpaired) electrons. The third-order valence-electron chi connectivity index (χ3n) is 4.37. The van der Waals surface area contributed by atoms with Gasteiger partial charge in [-0.1, -0.05) is 12.8 Å². The van der Waals surface area contributed by atoms with Gasteiger partial charge in [-0.05, 0) is 43.2 Å². The first-order chi connectivity index (χ1) is 12.1. The summed E-state index contributed by atoms with van der Waals surface area (Å²) < 4.78 is 19.1. The minimum Gasteiger partial charge on any atom is -0.467 e. The van der Waals surface area contributed by atoms with Crippen molar-refractivity contribution in [2.45, 2.75) is 31.7 Å². The lowest BCUT2D eigenvalue weighted by atomic mass is 10.1. The molecule has 0 bridgehead atoms. The van der Waals surface area contributed by atoms with Crippen LogP contribution < -0.4 is 11.1 Å². The van der Waals surface area contributed by atoms with Crippen LogP contribution in [0.15, 0.2) is 41.0 Å². The second-order valence-electron chi connectivity index (χ2n) is 6.06. The highest BCUT2D eigenvalue weighted by atomic mass is 19.1. The van der Waals surface area contributed by atoms with Crippen molar-refractivity contribution in [2.75, 3.05) is 11.9 Å². The topological polar surface area (TPSA) is 88.6 Å². The normalized spacial score (nSPS) is 17.8. The summed E-state index contributed by atoms with van der Waals surface area (Å²) in [5.74, 6) is -0.848. The molecule has 3 rings (SSSR count). The number of benzene rings is 1. The van der Waals surface area contributed by atoms with E-state index in [1.807, 2.05) is 6.07 Å². The summed E-state index contributed by atoms with van der Waals surface area (Å²) >= 11 is 0. The largest absolute Gasteiger partial charge is 0.467 e. The number of rotatable bonds is 3. The van der Waals surface area contributed by atoms with Crippen LogP contribution in [0.4, 0.5) is 14.9 Å². The number of anilines is 1. The van der Waals surface area contributed by atoms with Gasteiger partial charge in [0, 0.05) is 12.2 Å². The summed E-state index contributed by atoms with van der Waals surface area (Å²) in [5, 5.41) is 2.72. The van der Waals surface area contributed by atoms with Crippen molar-refractivity contribution >= 4 is 17.6 Å². The summed E-state index contributed by atoms with van der Waals surface area (Å²) in [7, 11) is 0. The fourth-order valence-corrected chi connectivity index (χ4v) is 3.12. The molecule has 0 unspecified atom stereocenters. The molecule has 25 heavy (non-hydrogen) atoms. The molecule has 0 saturated carbocycles. The summed E-state index contributed by atoms with van der Waals surface area (Å²) in [6, 6.07) is 6.96. The molecule has 1 saturated heterocycles. The van der Waals surface area contributed by atoms with E-state index in [2.05, 4.69) is 5.32 Å². The average molecular weight is 345 g/mol. The number of likely N-dealkylation sites (tertiary alicyclic amines) is 1. The first-order valence-corrected chi connectivity index (χ1v) is 8.26. The number of nitrogens with two attached hydrogens (primary N) is 1. The number of hydrogen-bond donors (Lipinski definition) is 2. The van der Waals surface area contributed by atoms with Gasteiger partial charge in [-0.3, -0.25) is 4.79 Å². The molecule has 1 aromatic carbocycles. The summed E-state index contributed by atoms with van der Waals surface area (Å²) in [4.78, 5) is 25.7. The standard InChI is InChI=1S/C18H20FN3O3/c19-14-8-7-12(11-13(14)17(20)23)21-18(24)22-9-3-1-2-5-15(22)16-6-4-10-25-16/h4,6-8,10-11,15H,1-3,5,9H2,(H2,20,23)(H,21,24)/t15-/m1/s1. The van der Waals surface area contributed by atoms with Crippen LogP contribution in [0, 0.1) is 5.82 Å². The number of nitrogens with zero attached hydrogens (tertiary/aromatic N) is 1. The van der Waals surface area contributed by atoms with E-state index < -0.39 is 11.7 Å². The number of carbonyl (C=O) groups excluding carboxylic acids is 2. The molecule has 132 valence electrons. The third kappa shape index (κ3) is 3.81. The van der Waals surface area contributed by atoms with E-state index in [0.717, 1.165) is 37.5 Å². The zero-order valence-electron chi connectivity index (χ0n) is 13.7. The maximum absolute atomic E-state index is 13.6. The third-order valence-corrected chi connectivity index (χ3v) is 4.37. The molecule has 7 heteroatoms. The first-order valence-electron chi connectivity index (χ1n) is 8.26. The van der Waals surface area contributed by atoms with Gasteiger partial charge in [-0.2, -0.15) is 0 Å². The predicted molar refractivity (Wildman–Crippen MR) is 90.6 cm³/mol. The molecule has 1 aliphatic heterocycles. The quantitative estimate of drug-likeness (QED) is 0.889. The fourth-order valence-electron chi connectivity index (χ4n) is 3.12. The Balaban J connectivity index is 1.81. The van der Waals surface area contributed by atoms with E-state index >= 15 is 0 Å². The van der Waals surface area contributed by atoms with Crippen LogP contribution in [-0.2, 0) is 0 Å². The number of primary amides is 1. The zero-order chi connectivity index (χ0) is 17.8. The Kier molecular flexibility index (Phi) is 5.02. The Bertz CT molecular complexity index is 761. The first kappa shape index (κ1) is 17.0. The van der Waals surface area contributed by atoms with Crippen LogP contribution in [0.1, 0.15) is 47.8 Å². The highest BCUT2D eigenvalue weighted by molar-refractivity contribution is 5.96. The Morgan fingerprint density at radius 1 is 1.24 bits per heavy atom. The summed E-state index contributed by atoms with van der Waals surface area (Å²) in [6.45, 7) is 0.598. The van der Waals surface area contributed by atoms with Crippen molar-refractivity contribution in [3.8, 4) is 0 Å². The van der Waals surface area contributed by atoms with Crippen LogP contribution in [-0.4, -0.2) is 23.4 Å². The Hall–Kier alpha value is -2.83. The molecule has 1 aromatic heterocycles. The molecular weight excluding hydrogens is 325 g/mol. The van der Waals surface area contributed by atoms with E-state index in [9.17, 15) is 14.0 Å². The molecular formula is C18H20FN3O3. The predicted octanol–water partition coefficient (Wildman–Crippen LogP) is 3.67. The molecule has 6 nitrogen and oxygen atoms in total. The van der Waals surface area contributed by atoms with Gasteiger partial charge in [-0.25, -0.2) is 9.18 Å². The molecule has 2 aromatic rings.